The molecule has 0 bridgehead atoms. The molecule has 5 radical (unpaired) electrons. The fourth-order valence-corrected chi connectivity index (χ4v) is 0. The van der Waals surface area contributed by atoms with Crippen molar-refractivity contribution in [3.63, 3.8) is 0 Å². The van der Waals surface area contributed by atoms with E-state index in [1.807, 2.05) is 0 Å². The van der Waals surface area contributed by atoms with E-state index in [2.05, 4.69) is 0 Å². The molecule has 0 aliphatic rings. The van der Waals surface area contributed by atoms with E-state index >= 15 is 0 Å². The van der Waals surface area contributed by atoms with Gasteiger partial charge in [-0.15, -0.1) is 0 Å². The van der Waals surface area contributed by atoms with Crippen LogP contribution in [0.5, 0.6) is 0 Å². The van der Waals surface area contributed by atoms with Crippen molar-refractivity contribution in [2.24, 2.45) is 0 Å². The van der Waals surface area contributed by atoms with Crippen molar-refractivity contribution < 1.29 is 73.9 Å². The molecule has 0 spiro atoms. The zero-order valence-electron chi connectivity index (χ0n) is 4.09. The Hall–Kier alpha value is 2.59. The minimum absolute atomic E-state index is 0. The van der Waals surface area contributed by atoms with Crippen LogP contribution < -0.4 is 0 Å². The first-order chi connectivity index (χ1) is 0. The zero-order valence-corrected chi connectivity index (χ0v) is 11.6. The van der Waals surface area contributed by atoms with Crippen molar-refractivity contribution in [3.8, 4) is 0 Å². The van der Waals surface area contributed by atoms with Gasteiger partial charge in [-0.25, -0.2) is 0 Å². The Kier molecular flexibility index (Phi) is 1110. The van der Waals surface area contributed by atoms with Crippen LogP contribution in [0.4, 0.5) is 0 Å². The first-order valence-corrected chi connectivity index (χ1v) is 0. The summed E-state index contributed by atoms with van der Waals surface area (Å²) >= 11 is 0. The Bertz CT molecular complexity index is 19.7. The van der Waals surface area contributed by atoms with Gasteiger partial charge < -0.3 is 7.43 Å². The molecule has 0 aliphatic carbocycles. The van der Waals surface area contributed by atoms with Gasteiger partial charge in [0.1, 0.15) is 0 Å². The first-order valence-electron chi connectivity index (χ1n) is 0. The summed E-state index contributed by atoms with van der Waals surface area (Å²) in [5, 5.41) is 0. The maximum atomic E-state index is 0. The minimum Gasteiger partial charge on any atom is -0.358 e. The van der Waals surface area contributed by atoms with E-state index in [9.17, 15) is 0 Å². The average molecular weight is 321 g/mol. The Morgan fingerprint density at radius 2 is 1.00 bits per heavy atom. The SMILES string of the molecule is [B].[CH3-].[Cr].[Cu+].[Fe].[Nb].[SiH3]. The van der Waals surface area contributed by atoms with Crippen molar-refractivity contribution in [1.82, 2.24) is 0 Å². The molecule has 0 unspecified atom stereocenters. The Morgan fingerprint density at radius 3 is 1.00 bits per heavy atom. The van der Waals surface area contributed by atoms with Crippen LogP contribution in [-0.2, 0) is 73.9 Å². The van der Waals surface area contributed by atoms with Crippen molar-refractivity contribution in [2.45, 2.75) is 0 Å². The fourth-order valence-electron chi connectivity index (χ4n) is 0. The molecule has 0 nitrogen and oxygen atoms in total. The number of hydrogen-bond acceptors (Lipinski definition) is 0. The van der Waals surface area contributed by atoms with Gasteiger partial charge in [0.25, 0.3) is 0 Å². The van der Waals surface area contributed by atoms with Crippen LogP contribution in [0, 0.1) is 7.43 Å². The van der Waals surface area contributed by atoms with Gasteiger partial charge in [0, 0.05) is 65.2 Å². The molecule has 0 aromatic heterocycles. The summed E-state index contributed by atoms with van der Waals surface area (Å²) in [6, 6.07) is 0. The van der Waals surface area contributed by atoms with Crippen molar-refractivity contribution >= 4 is 19.4 Å². The molecule has 0 aromatic rings. The quantitative estimate of drug-likeness (QED) is 0.392. The zero-order chi connectivity index (χ0) is 0. The summed E-state index contributed by atoms with van der Waals surface area (Å²) in [5.41, 5.74) is 0. The predicted molar refractivity (Wildman–Crippen MR) is 22.1 cm³/mol. The van der Waals surface area contributed by atoms with Crippen LogP contribution >= 0.6 is 0 Å². The summed E-state index contributed by atoms with van der Waals surface area (Å²) in [4.78, 5) is 0. The first kappa shape index (κ1) is 105. The maximum absolute atomic E-state index is 0. The number of hydrogen-bond donors (Lipinski definition) is 0. The molecule has 7 heavy (non-hydrogen) atoms. The molecule has 0 saturated heterocycles. The van der Waals surface area contributed by atoms with E-state index in [-0.39, 0.29) is 101 Å². The van der Waals surface area contributed by atoms with Crippen LogP contribution in [0.15, 0.2) is 0 Å². The van der Waals surface area contributed by atoms with E-state index in [0.29, 0.717) is 0 Å². The van der Waals surface area contributed by atoms with Crippen LogP contribution in [0.1, 0.15) is 0 Å². The van der Waals surface area contributed by atoms with Gasteiger partial charge in [-0.1, -0.05) is 0 Å². The van der Waals surface area contributed by atoms with Gasteiger partial charge in [-0.2, -0.15) is 0 Å². The summed E-state index contributed by atoms with van der Waals surface area (Å²) in [7, 11) is 0. The molecule has 0 aromatic carbocycles. The largest absolute Gasteiger partial charge is 1.00 e. The Balaban J connectivity index is 0. The van der Waals surface area contributed by atoms with Gasteiger partial charge in [-0.3, -0.25) is 0 Å². The normalized spacial score (nSPS) is 0. The molecule has 0 fully saturated rings. The molecule has 0 saturated carbocycles. The third kappa shape index (κ3) is 55.5. The Morgan fingerprint density at radius 1 is 1.00 bits per heavy atom. The second kappa shape index (κ2) is 73.7. The predicted octanol–water partition coefficient (Wildman–Crippen LogP) is -1.12. The molecular weight excluding hydrogens is 315 g/mol. The van der Waals surface area contributed by atoms with Crippen LogP contribution in [-0.4, -0.2) is 19.4 Å². The molecule has 0 atom stereocenters. The van der Waals surface area contributed by atoms with E-state index in [1.165, 1.54) is 0 Å². The monoisotopic (exact) mass is 321 g/mol. The number of rotatable bonds is 0. The molecule has 0 aliphatic heterocycles. The minimum atomic E-state index is 0. The van der Waals surface area contributed by atoms with Crippen LogP contribution in [0.3, 0.4) is 0 Å². The van der Waals surface area contributed by atoms with Crippen molar-refractivity contribution in [1.29, 1.82) is 0 Å². The van der Waals surface area contributed by atoms with Gasteiger partial charge in [0.05, 0.1) is 0 Å². The van der Waals surface area contributed by atoms with Crippen LogP contribution in [0.2, 0.25) is 0 Å². The third-order valence-corrected chi connectivity index (χ3v) is 0. The molecule has 0 amide bonds. The fraction of sp³-hybridized carbons (Fsp3) is 0. The molecule has 0 heterocycles. The summed E-state index contributed by atoms with van der Waals surface area (Å²) in [5.74, 6) is 0. The average Bonchev–Trinajstić information content (AvgIpc) is 0. The third-order valence-electron chi connectivity index (χ3n) is 0. The van der Waals surface area contributed by atoms with Gasteiger partial charge in [0.2, 0.25) is 0 Å². The maximum Gasteiger partial charge on any atom is 1.00 e. The standard InChI is InChI=1S/CH3.B.Cr.Cu.Fe.Nb.H3Si/h1H3;;;;;;1H3/q-1;;;+1;;;. The Labute approximate surface area is 99.5 Å². The van der Waals surface area contributed by atoms with Crippen molar-refractivity contribution in [3.05, 3.63) is 7.43 Å². The van der Waals surface area contributed by atoms with Gasteiger partial charge in [0.15, 0.2) is 0 Å². The van der Waals surface area contributed by atoms with E-state index in [0.717, 1.165) is 0 Å². The summed E-state index contributed by atoms with van der Waals surface area (Å²) in [6.45, 7) is 0. The smallest absolute Gasteiger partial charge is 0.358 e. The van der Waals surface area contributed by atoms with Crippen molar-refractivity contribution in [2.75, 3.05) is 0 Å². The van der Waals surface area contributed by atoms with E-state index < -0.39 is 0 Å². The molecular formula is CH6BCrCuFeNbSi. The van der Waals surface area contributed by atoms with Gasteiger partial charge >= 0.3 is 17.1 Å². The van der Waals surface area contributed by atoms with E-state index in [1.54, 1.807) is 0 Å². The summed E-state index contributed by atoms with van der Waals surface area (Å²) < 4.78 is 0. The van der Waals surface area contributed by atoms with Crippen LogP contribution in [0.25, 0.3) is 0 Å². The summed E-state index contributed by atoms with van der Waals surface area (Å²) in [6.07, 6.45) is 0. The van der Waals surface area contributed by atoms with Gasteiger partial charge in [-0.05, 0) is 11.0 Å². The second-order valence-corrected chi connectivity index (χ2v) is 0. The molecule has 6 heteroatoms. The second-order valence-electron chi connectivity index (χ2n) is 0. The topological polar surface area (TPSA) is 0 Å². The van der Waals surface area contributed by atoms with E-state index in [4.69, 9.17) is 0 Å². The molecule has 0 N–H and O–H groups in total. The molecule has 0 rings (SSSR count). The molecule has 47 valence electrons.